The van der Waals surface area contributed by atoms with Gasteiger partial charge < -0.3 is 19.7 Å². The minimum atomic E-state index is -1.17. The summed E-state index contributed by atoms with van der Waals surface area (Å²) in [4.78, 5) is 65.8. The van der Waals surface area contributed by atoms with E-state index in [0.29, 0.717) is 12.8 Å². The zero-order valence-corrected chi connectivity index (χ0v) is 21.3. The standard InChI is InChI=1S/C26H38N2O7/c1-5-34-24(33)26-15-18(26)12-10-8-6-7-9-11-17(13-21(30)35-25(2,3)4)23(32)28-16-19(29)14-20(28)22(31)27-26/h10,12,17-18,20H,5-9,11,13-16H2,1-4H3,(H,27,31)/b12-10-/t17-,18-,20+,26-/m1/s1. The van der Waals surface area contributed by atoms with Gasteiger partial charge in [-0.15, -0.1) is 0 Å². The average molecular weight is 491 g/mol. The molecule has 3 rings (SSSR count). The van der Waals surface area contributed by atoms with Gasteiger partial charge in [-0.2, -0.15) is 0 Å². The molecule has 9 nitrogen and oxygen atoms in total. The van der Waals surface area contributed by atoms with Crippen LogP contribution in [0.3, 0.4) is 0 Å². The number of rotatable bonds is 4. The summed E-state index contributed by atoms with van der Waals surface area (Å²) in [6.45, 7) is 7.00. The number of amides is 2. The summed E-state index contributed by atoms with van der Waals surface area (Å²) >= 11 is 0. The van der Waals surface area contributed by atoms with Crippen LogP contribution in [0.2, 0.25) is 0 Å². The van der Waals surface area contributed by atoms with E-state index in [-0.39, 0.29) is 37.7 Å². The van der Waals surface area contributed by atoms with Crippen LogP contribution in [0.15, 0.2) is 12.2 Å². The number of carbonyl (C=O) groups is 5. The highest BCUT2D eigenvalue weighted by Gasteiger charge is 2.62. The molecule has 1 saturated carbocycles. The Labute approximate surface area is 207 Å². The third-order valence-electron chi connectivity index (χ3n) is 6.70. The molecule has 0 bridgehead atoms. The minimum Gasteiger partial charge on any atom is -0.464 e. The first kappa shape index (κ1) is 26.9. The van der Waals surface area contributed by atoms with Crippen LogP contribution in [0.4, 0.5) is 0 Å². The molecule has 0 unspecified atom stereocenters. The van der Waals surface area contributed by atoms with Gasteiger partial charge in [-0.3, -0.25) is 19.2 Å². The molecular formula is C26H38N2O7. The van der Waals surface area contributed by atoms with E-state index in [1.165, 1.54) is 4.90 Å². The van der Waals surface area contributed by atoms with Crippen molar-refractivity contribution in [1.82, 2.24) is 10.2 Å². The highest BCUT2D eigenvalue weighted by molar-refractivity contribution is 6.01. The first-order valence-corrected chi connectivity index (χ1v) is 12.7. The van der Waals surface area contributed by atoms with Crippen molar-refractivity contribution < 1.29 is 33.4 Å². The maximum Gasteiger partial charge on any atom is 0.332 e. The van der Waals surface area contributed by atoms with Gasteiger partial charge in [-0.05, 0) is 53.4 Å². The predicted molar refractivity (Wildman–Crippen MR) is 127 cm³/mol. The van der Waals surface area contributed by atoms with Crippen molar-refractivity contribution in [3.63, 3.8) is 0 Å². The van der Waals surface area contributed by atoms with E-state index in [0.717, 1.165) is 25.7 Å². The minimum absolute atomic E-state index is 0.107. The molecule has 2 aliphatic heterocycles. The summed E-state index contributed by atoms with van der Waals surface area (Å²) in [7, 11) is 0. The summed E-state index contributed by atoms with van der Waals surface area (Å²) in [5.74, 6) is -3.02. The smallest absolute Gasteiger partial charge is 0.332 e. The highest BCUT2D eigenvalue weighted by atomic mass is 16.6. The Morgan fingerprint density at radius 2 is 1.91 bits per heavy atom. The van der Waals surface area contributed by atoms with Crippen LogP contribution in [0.25, 0.3) is 0 Å². The number of hydrogen-bond donors (Lipinski definition) is 1. The van der Waals surface area contributed by atoms with Gasteiger partial charge in [-0.25, -0.2) is 4.79 Å². The fourth-order valence-corrected chi connectivity index (χ4v) is 4.89. The van der Waals surface area contributed by atoms with Gasteiger partial charge in [0.05, 0.1) is 19.6 Å². The van der Waals surface area contributed by atoms with Gasteiger partial charge in [-0.1, -0.05) is 25.0 Å². The van der Waals surface area contributed by atoms with Crippen molar-refractivity contribution in [2.24, 2.45) is 11.8 Å². The SMILES string of the molecule is CCOC(=O)[C@@]12C[C@H]1/C=C\CCCCC[C@H](CC(=O)OC(C)(C)C)C(=O)N1CC(=O)C[C@H]1C(=O)N2. The molecule has 35 heavy (non-hydrogen) atoms. The second-order valence-electron chi connectivity index (χ2n) is 10.8. The lowest BCUT2D eigenvalue weighted by Gasteiger charge is -2.29. The summed E-state index contributed by atoms with van der Waals surface area (Å²) in [6.07, 6.45) is 7.96. The van der Waals surface area contributed by atoms with Crippen LogP contribution in [-0.2, 0) is 33.4 Å². The van der Waals surface area contributed by atoms with Crippen molar-refractivity contribution in [2.75, 3.05) is 13.2 Å². The van der Waals surface area contributed by atoms with Crippen molar-refractivity contribution in [1.29, 1.82) is 0 Å². The zero-order valence-electron chi connectivity index (χ0n) is 21.3. The first-order chi connectivity index (χ1) is 16.5. The number of Topliss-reactive ketones (excluding diaryl/α,β-unsaturated/α-hetero) is 1. The quantitative estimate of drug-likeness (QED) is 0.475. The van der Waals surface area contributed by atoms with Crippen molar-refractivity contribution in [3.8, 4) is 0 Å². The van der Waals surface area contributed by atoms with Crippen LogP contribution < -0.4 is 5.32 Å². The van der Waals surface area contributed by atoms with Gasteiger partial charge in [0.15, 0.2) is 5.78 Å². The molecule has 2 amide bonds. The van der Waals surface area contributed by atoms with E-state index in [9.17, 15) is 24.0 Å². The van der Waals surface area contributed by atoms with E-state index < -0.39 is 46.9 Å². The maximum absolute atomic E-state index is 13.5. The third kappa shape index (κ3) is 6.70. The van der Waals surface area contributed by atoms with Crippen LogP contribution in [0, 0.1) is 11.8 Å². The van der Waals surface area contributed by atoms with E-state index in [2.05, 4.69) is 5.32 Å². The van der Waals surface area contributed by atoms with Crippen LogP contribution >= 0.6 is 0 Å². The highest BCUT2D eigenvalue weighted by Crippen LogP contribution is 2.46. The van der Waals surface area contributed by atoms with Crippen LogP contribution in [0.1, 0.15) is 79.1 Å². The number of ether oxygens (including phenoxy) is 2. The predicted octanol–water partition coefficient (Wildman–Crippen LogP) is 2.46. The number of esters is 2. The Kier molecular flexibility index (Phi) is 8.38. The lowest BCUT2D eigenvalue weighted by Crippen LogP contribution is -2.54. The number of ketones is 1. The molecule has 9 heteroatoms. The Bertz CT molecular complexity index is 891. The second kappa shape index (κ2) is 10.9. The molecule has 0 aromatic heterocycles. The number of nitrogens with zero attached hydrogens (tertiary/aromatic N) is 1. The average Bonchev–Trinajstić information content (AvgIpc) is 3.30. The topological polar surface area (TPSA) is 119 Å². The van der Waals surface area contributed by atoms with Crippen molar-refractivity contribution in [3.05, 3.63) is 12.2 Å². The zero-order chi connectivity index (χ0) is 25.8. The van der Waals surface area contributed by atoms with E-state index in [1.807, 2.05) is 12.2 Å². The van der Waals surface area contributed by atoms with Gasteiger partial charge in [0.1, 0.15) is 17.2 Å². The van der Waals surface area contributed by atoms with Crippen LogP contribution in [-0.4, -0.2) is 64.8 Å². The van der Waals surface area contributed by atoms with E-state index >= 15 is 0 Å². The molecule has 2 heterocycles. The fourth-order valence-electron chi connectivity index (χ4n) is 4.89. The number of allylic oxidation sites excluding steroid dienone is 1. The fraction of sp³-hybridized carbons (Fsp3) is 0.731. The third-order valence-corrected chi connectivity index (χ3v) is 6.70. The molecule has 0 aromatic carbocycles. The molecule has 4 atom stereocenters. The molecule has 0 aromatic rings. The molecule has 3 aliphatic rings. The molecule has 1 saturated heterocycles. The maximum atomic E-state index is 13.5. The molecule has 0 radical (unpaired) electrons. The van der Waals surface area contributed by atoms with Gasteiger partial charge in [0, 0.05) is 18.3 Å². The van der Waals surface area contributed by atoms with Gasteiger partial charge in [0.25, 0.3) is 0 Å². The molecule has 1 aliphatic carbocycles. The van der Waals surface area contributed by atoms with Gasteiger partial charge in [0.2, 0.25) is 11.8 Å². The van der Waals surface area contributed by atoms with Crippen molar-refractivity contribution >= 4 is 29.5 Å². The summed E-state index contributed by atoms with van der Waals surface area (Å²) in [6, 6.07) is -1.02. The van der Waals surface area contributed by atoms with E-state index in [1.54, 1.807) is 27.7 Å². The van der Waals surface area contributed by atoms with Gasteiger partial charge >= 0.3 is 11.9 Å². The lowest BCUT2D eigenvalue weighted by molar-refractivity contribution is -0.159. The number of fused-ring (bicyclic) bond motifs is 2. The summed E-state index contributed by atoms with van der Waals surface area (Å²) in [5.41, 5.74) is -1.85. The van der Waals surface area contributed by atoms with Crippen LogP contribution in [0.5, 0.6) is 0 Å². The summed E-state index contributed by atoms with van der Waals surface area (Å²) < 4.78 is 10.7. The second-order valence-corrected chi connectivity index (χ2v) is 10.8. The molecule has 2 fully saturated rings. The Hall–Kier alpha value is -2.71. The molecule has 194 valence electrons. The van der Waals surface area contributed by atoms with Crippen molar-refractivity contribution in [2.45, 2.75) is 96.2 Å². The monoisotopic (exact) mass is 490 g/mol. The van der Waals surface area contributed by atoms with E-state index in [4.69, 9.17) is 9.47 Å². The number of hydrogen-bond acceptors (Lipinski definition) is 7. The molecular weight excluding hydrogens is 452 g/mol. The largest absolute Gasteiger partial charge is 0.464 e. The Balaban J connectivity index is 1.85. The Morgan fingerprint density at radius 3 is 2.60 bits per heavy atom. The summed E-state index contributed by atoms with van der Waals surface area (Å²) in [5, 5.41) is 2.82. The molecule has 0 spiro atoms. The Morgan fingerprint density at radius 1 is 1.17 bits per heavy atom. The first-order valence-electron chi connectivity index (χ1n) is 12.7. The number of carbonyl (C=O) groups excluding carboxylic acids is 5. The lowest BCUT2D eigenvalue weighted by atomic mass is 9.95. The normalized spacial score (nSPS) is 30.8. The number of nitrogens with one attached hydrogen (secondary N) is 1. The molecule has 1 N–H and O–H groups in total.